The summed E-state index contributed by atoms with van der Waals surface area (Å²) in [4.78, 5) is 11.5. The fourth-order valence-electron chi connectivity index (χ4n) is 1.74. The normalized spacial score (nSPS) is 10.3. The van der Waals surface area contributed by atoms with Crippen LogP contribution >= 0.6 is 0 Å². The number of nitriles is 1. The minimum absolute atomic E-state index is 0.0699. The standard InChI is InChI=1S/C18H14FNO3/c19-17-4-2-1-3-15(17)7-10-18(21)23-12-11-22-16-8-5-14(13-20)6-9-16/h1-10H,11-12H2/b10-7+. The lowest BCUT2D eigenvalue weighted by molar-refractivity contribution is -0.138. The van der Waals surface area contributed by atoms with Crippen LogP contribution < -0.4 is 4.74 Å². The number of carbonyl (C=O) groups is 1. The summed E-state index contributed by atoms with van der Waals surface area (Å²) in [6, 6.07) is 14.7. The van der Waals surface area contributed by atoms with Gasteiger partial charge in [-0.25, -0.2) is 9.18 Å². The zero-order valence-corrected chi connectivity index (χ0v) is 12.2. The van der Waals surface area contributed by atoms with Gasteiger partial charge in [-0.2, -0.15) is 5.26 Å². The number of ether oxygens (including phenoxy) is 2. The molecule has 0 bridgehead atoms. The molecule has 0 spiro atoms. The molecule has 0 fully saturated rings. The van der Waals surface area contributed by atoms with Gasteiger partial charge in [-0.05, 0) is 36.4 Å². The molecule has 2 rings (SSSR count). The first kappa shape index (κ1) is 16.2. The highest BCUT2D eigenvalue weighted by Gasteiger charge is 2.00. The number of halogens is 1. The van der Waals surface area contributed by atoms with Crippen molar-refractivity contribution >= 4 is 12.0 Å². The molecule has 0 saturated heterocycles. The molecular formula is C18H14FNO3. The predicted octanol–water partition coefficient (Wildman–Crippen LogP) is 3.33. The third-order valence-electron chi connectivity index (χ3n) is 2.88. The summed E-state index contributed by atoms with van der Waals surface area (Å²) < 4.78 is 23.7. The van der Waals surface area contributed by atoms with Crippen molar-refractivity contribution in [2.75, 3.05) is 13.2 Å². The molecule has 2 aromatic carbocycles. The second-order valence-corrected chi connectivity index (χ2v) is 4.51. The van der Waals surface area contributed by atoms with Crippen LogP contribution in [0.25, 0.3) is 6.08 Å². The van der Waals surface area contributed by atoms with E-state index < -0.39 is 11.8 Å². The van der Waals surface area contributed by atoms with E-state index in [2.05, 4.69) is 0 Å². The lowest BCUT2D eigenvalue weighted by Gasteiger charge is -2.06. The van der Waals surface area contributed by atoms with E-state index in [1.165, 1.54) is 18.2 Å². The van der Waals surface area contributed by atoms with E-state index in [9.17, 15) is 9.18 Å². The average Bonchev–Trinajstić information content (AvgIpc) is 2.58. The fraction of sp³-hybridized carbons (Fsp3) is 0.111. The van der Waals surface area contributed by atoms with Crippen LogP contribution in [0.15, 0.2) is 54.6 Å². The number of esters is 1. The molecular weight excluding hydrogens is 297 g/mol. The van der Waals surface area contributed by atoms with Gasteiger partial charge in [-0.15, -0.1) is 0 Å². The Morgan fingerprint density at radius 3 is 2.57 bits per heavy atom. The highest BCUT2D eigenvalue weighted by atomic mass is 19.1. The Morgan fingerprint density at radius 2 is 1.87 bits per heavy atom. The second kappa shape index (κ2) is 8.35. The summed E-state index contributed by atoms with van der Waals surface area (Å²) in [5.74, 6) is -0.390. The molecule has 0 amide bonds. The lowest BCUT2D eigenvalue weighted by atomic mass is 10.2. The van der Waals surface area contributed by atoms with Crippen LogP contribution in [0.5, 0.6) is 5.75 Å². The topological polar surface area (TPSA) is 59.3 Å². The zero-order chi connectivity index (χ0) is 16.5. The average molecular weight is 311 g/mol. The monoisotopic (exact) mass is 311 g/mol. The van der Waals surface area contributed by atoms with Gasteiger partial charge in [-0.1, -0.05) is 18.2 Å². The fourth-order valence-corrected chi connectivity index (χ4v) is 1.74. The van der Waals surface area contributed by atoms with Crippen molar-refractivity contribution in [1.29, 1.82) is 5.26 Å². The van der Waals surface area contributed by atoms with Crippen LogP contribution in [-0.2, 0) is 9.53 Å². The van der Waals surface area contributed by atoms with Crippen molar-refractivity contribution < 1.29 is 18.7 Å². The van der Waals surface area contributed by atoms with E-state index in [1.807, 2.05) is 6.07 Å². The van der Waals surface area contributed by atoms with Crippen LogP contribution in [0.3, 0.4) is 0 Å². The van der Waals surface area contributed by atoms with Crippen molar-refractivity contribution in [3.8, 4) is 11.8 Å². The number of rotatable bonds is 6. The van der Waals surface area contributed by atoms with E-state index in [1.54, 1.807) is 42.5 Å². The Kier molecular flexibility index (Phi) is 5.89. The maximum Gasteiger partial charge on any atom is 0.330 e. The maximum atomic E-state index is 13.3. The Bertz CT molecular complexity index is 733. The van der Waals surface area contributed by atoms with Gasteiger partial charge in [0, 0.05) is 11.6 Å². The predicted molar refractivity (Wildman–Crippen MR) is 83.0 cm³/mol. The Morgan fingerprint density at radius 1 is 1.13 bits per heavy atom. The Labute approximate surface area is 133 Å². The van der Waals surface area contributed by atoms with E-state index in [0.717, 1.165) is 0 Å². The van der Waals surface area contributed by atoms with Crippen LogP contribution in [0, 0.1) is 17.1 Å². The van der Waals surface area contributed by atoms with E-state index in [4.69, 9.17) is 14.7 Å². The smallest absolute Gasteiger partial charge is 0.330 e. The number of hydrogen-bond acceptors (Lipinski definition) is 4. The molecule has 0 aromatic heterocycles. The lowest BCUT2D eigenvalue weighted by Crippen LogP contribution is -2.10. The molecule has 116 valence electrons. The summed E-state index contributed by atoms with van der Waals surface area (Å²) in [6.45, 7) is 0.256. The zero-order valence-electron chi connectivity index (χ0n) is 12.2. The highest BCUT2D eigenvalue weighted by Crippen LogP contribution is 2.11. The summed E-state index contributed by atoms with van der Waals surface area (Å²) in [5, 5.41) is 8.68. The highest BCUT2D eigenvalue weighted by molar-refractivity contribution is 5.87. The number of hydrogen-bond donors (Lipinski definition) is 0. The van der Waals surface area contributed by atoms with Crippen LogP contribution in [0.4, 0.5) is 4.39 Å². The minimum atomic E-state index is -0.573. The molecule has 0 heterocycles. The summed E-state index contributed by atoms with van der Waals surface area (Å²) in [7, 11) is 0. The van der Waals surface area contributed by atoms with E-state index in [0.29, 0.717) is 16.9 Å². The van der Waals surface area contributed by atoms with Gasteiger partial charge in [0.2, 0.25) is 0 Å². The largest absolute Gasteiger partial charge is 0.490 e. The first-order valence-electron chi connectivity index (χ1n) is 6.91. The van der Waals surface area contributed by atoms with Gasteiger partial charge < -0.3 is 9.47 Å². The molecule has 0 atom stereocenters. The van der Waals surface area contributed by atoms with Gasteiger partial charge in [0.25, 0.3) is 0 Å². The van der Waals surface area contributed by atoms with Gasteiger partial charge in [0.05, 0.1) is 11.6 Å². The molecule has 0 aliphatic rings. The first-order valence-corrected chi connectivity index (χ1v) is 6.91. The third kappa shape index (κ3) is 5.29. The summed E-state index contributed by atoms with van der Waals surface area (Å²) in [6.07, 6.45) is 2.53. The molecule has 2 aromatic rings. The maximum absolute atomic E-state index is 13.3. The molecule has 0 aliphatic heterocycles. The SMILES string of the molecule is N#Cc1ccc(OCCOC(=O)/C=C/c2ccccc2F)cc1. The minimum Gasteiger partial charge on any atom is -0.490 e. The molecule has 0 radical (unpaired) electrons. The van der Waals surface area contributed by atoms with Crippen molar-refractivity contribution in [3.05, 3.63) is 71.6 Å². The molecule has 0 N–H and O–H groups in total. The Hall–Kier alpha value is -3.13. The van der Waals surface area contributed by atoms with Crippen molar-refractivity contribution in [1.82, 2.24) is 0 Å². The summed E-state index contributed by atoms with van der Waals surface area (Å²) >= 11 is 0. The number of nitrogens with zero attached hydrogens (tertiary/aromatic N) is 1. The quantitative estimate of drug-likeness (QED) is 0.466. The second-order valence-electron chi connectivity index (χ2n) is 4.51. The van der Waals surface area contributed by atoms with Gasteiger partial charge in [-0.3, -0.25) is 0 Å². The van der Waals surface area contributed by atoms with Crippen molar-refractivity contribution in [2.45, 2.75) is 0 Å². The molecule has 5 heteroatoms. The molecule has 23 heavy (non-hydrogen) atoms. The van der Waals surface area contributed by atoms with Gasteiger partial charge in [0.1, 0.15) is 24.8 Å². The van der Waals surface area contributed by atoms with Crippen LogP contribution in [-0.4, -0.2) is 19.2 Å². The van der Waals surface area contributed by atoms with Gasteiger partial charge in [0.15, 0.2) is 0 Å². The first-order chi connectivity index (χ1) is 11.2. The van der Waals surface area contributed by atoms with Crippen LogP contribution in [0.2, 0.25) is 0 Å². The van der Waals surface area contributed by atoms with Crippen molar-refractivity contribution in [2.24, 2.45) is 0 Å². The molecule has 4 nitrogen and oxygen atoms in total. The Balaban J connectivity index is 1.72. The van der Waals surface area contributed by atoms with Gasteiger partial charge >= 0.3 is 5.97 Å². The number of benzene rings is 2. The third-order valence-corrected chi connectivity index (χ3v) is 2.88. The molecule has 0 unspecified atom stereocenters. The van der Waals surface area contributed by atoms with Crippen LogP contribution in [0.1, 0.15) is 11.1 Å². The number of carbonyl (C=O) groups excluding carboxylic acids is 1. The molecule has 0 aliphatic carbocycles. The summed E-state index contributed by atoms with van der Waals surface area (Å²) in [5.41, 5.74) is 0.861. The molecule has 0 saturated carbocycles. The van der Waals surface area contributed by atoms with Crippen molar-refractivity contribution in [3.63, 3.8) is 0 Å². The van der Waals surface area contributed by atoms with E-state index in [-0.39, 0.29) is 13.2 Å². The van der Waals surface area contributed by atoms with E-state index >= 15 is 0 Å².